The summed E-state index contributed by atoms with van der Waals surface area (Å²) in [6, 6.07) is 5.25. The molecule has 0 aliphatic heterocycles. The van der Waals surface area contributed by atoms with Gasteiger partial charge in [0.25, 0.3) is 0 Å². The Morgan fingerprint density at radius 3 is 2.87 bits per heavy atom. The molecule has 0 radical (unpaired) electrons. The highest BCUT2D eigenvalue weighted by Gasteiger charge is 2.33. The molecule has 1 aromatic rings. The highest BCUT2D eigenvalue weighted by Crippen LogP contribution is 2.33. The molecule has 0 saturated carbocycles. The van der Waals surface area contributed by atoms with Crippen molar-refractivity contribution in [2.75, 3.05) is 0 Å². The molecule has 0 spiro atoms. The Hall–Kier alpha value is -1.35. The topological polar surface area (TPSA) is 54.4 Å². The SMILES string of the molecule is O=C(O)CC1Cc2cccc(Cl)c2C1=O. The summed E-state index contributed by atoms with van der Waals surface area (Å²) in [4.78, 5) is 22.4. The molecule has 1 aliphatic rings. The highest BCUT2D eigenvalue weighted by molar-refractivity contribution is 6.34. The molecule has 0 fully saturated rings. The third-order valence-electron chi connectivity index (χ3n) is 2.60. The van der Waals surface area contributed by atoms with E-state index in [1.165, 1.54) is 0 Å². The van der Waals surface area contributed by atoms with Gasteiger partial charge in [0.1, 0.15) is 0 Å². The van der Waals surface area contributed by atoms with Gasteiger partial charge in [-0.3, -0.25) is 9.59 Å². The van der Waals surface area contributed by atoms with Crippen LogP contribution in [0.4, 0.5) is 0 Å². The Kier molecular flexibility index (Phi) is 2.49. The summed E-state index contributed by atoms with van der Waals surface area (Å²) >= 11 is 5.90. The number of hydrogen-bond donors (Lipinski definition) is 1. The molecule has 78 valence electrons. The minimum Gasteiger partial charge on any atom is -0.481 e. The van der Waals surface area contributed by atoms with Gasteiger partial charge in [0.2, 0.25) is 0 Å². The fourth-order valence-corrected chi connectivity index (χ4v) is 2.24. The molecule has 1 aliphatic carbocycles. The molecule has 3 nitrogen and oxygen atoms in total. The zero-order valence-corrected chi connectivity index (χ0v) is 8.62. The predicted octanol–water partition coefficient (Wildman–Crippen LogP) is 2.17. The van der Waals surface area contributed by atoms with Crippen LogP contribution in [-0.4, -0.2) is 16.9 Å². The summed E-state index contributed by atoms with van der Waals surface area (Å²) in [6.45, 7) is 0. The number of carboxylic acids is 1. The number of carboxylic acid groups (broad SMARTS) is 1. The third-order valence-corrected chi connectivity index (χ3v) is 2.92. The number of rotatable bonds is 2. The minimum absolute atomic E-state index is 0.121. The summed E-state index contributed by atoms with van der Waals surface area (Å²) in [6.07, 6.45) is 0.366. The molecule has 1 aromatic carbocycles. The zero-order valence-electron chi connectivity index (χ0n) is 7.87. The fraction of sp³-hybridized carbons (Fsp3) is 0.273. The molecule has 4 heteroatoms. The lowest BCUT2D eigenvalue weighted by molar-refractivity contribution is -0.137. The maximum atomic E-state index is 11.8. The molecule has 0 heterocycles. The number of hydrogen-bond acceptors (Lipinski definition) is 2. The van der Waals surface area contributed by atoms with Crippen molar-refractivity contribution >= 4 is 23.4 Å². The summed E-state index contributed by atoms with van der Waals surface area (Å²) < 4.78 is 0. The number of fused-ring (bicyclic) bond motifs is 1. The van der Waals surface area contributed by atoms with Crippen LogP contribution < -0.4 is 0 Å². The van der Waals surface area contributed by atoms with Crippen LogP contribution in [0.2, 0.25) is 5.02 Å². The number of carbonyl (C=O) groups excluding carboxylic acids is 1. The Bertz CT molecular complexity index is 439. The largest absolute Gasteiger partial charge is 0.481 e. The lowest BCUT2D eigenvalue weighted by Gasteiger charge is -2.02. The molecule has 1 atom stereocenters. The van der Waals surface area contributed by atoms with Crippen molar-refractivity contribution in [1.82, 2.24) is 0 Å². The van der Waals surface area contributed by atoms with E-state index in [0.29, 0.717) is 17.0 Å². The Morgan fingerprint density at radius 2 is 2.27 bits per heavy atom. The van der Waals surface area contributed by atoms with Crippen LogP contribution in [0.5, 0.6) is 0 Å². The summed E-state index contributed by atoms with van der Waals surface area (Å²) in [5, 5.41) is 9.08. The second kappa shape index (κ2) is 3.66. The van der Waals surface area contributed by atoms with Crippen molar-refractivity contribution in [3.63, 3.8) is 0 Å². The predicted molar refractivity (Wildman–Crippen MR) is 55.2 cm³/mol. The Balaban J connectivity index is 2.34. The fourth-order valence-electron chi connectivity index (χ4n) is 1.95. The standard InChI is InChI=1S/C11H9ClO3/c12-8-3-1-2-6-4-7(5-9(13)14)11(15)10(6)8/h1-3,7H,4-5H2,(H,13,14). The molecule has 1 N–H and O–H groups in total. The quantitative estimate of drug-likeness (QED) is 0.838. The van der Waals surface area contributed by atoms with E-state index in [4.69, 9.17) is 16.7 Å². The van der Waals surface area contributed by atoms with Gasteiger partial charge in [0.15, 0.2) is 5.78 Å². The lowest BCUT2D eigenvalue weighted by Crippen LogP contribution is -2.14. The number of Topliss-reactive ketones (excluding diaryl/α,β-unsaturated/α-hetero) is 1. The van der Waals surface area contributed by atoms with Crippen molar-refractivity contribution in [3.05, 3.63) is 34.3 Å². The average molecular weight is 225 g/mol. The van der Waals surface area contributed by atoms with E-state index < -0.39 is 11.9 Å². The number of carbonyl (C=O) groups is 2. The van der Waals surface area contributed by atoms with Gasteiger partial charge in [-0.05, 0) is 18.1 Å². The number of ketones is 1. The summed E-state index contributed by atoms with van der Waals surface area (Å²) in [5.41, 5.74) is 1.36. The van der Waals surface area contributed by atoms with E-state index >= 15 is 0 Å². The van der Waals surface area contributed by atoms with Crippen molar-refractivity contribution in [1.29, 1.82) is 0 Å². The van der Waals surface area contributed by atoms with Crippen LogP contribution in [0.3, 0.4) is 0 Å². The highest BCUT2D eigenvalue weighted by atomic mass is 35.5. The van der Waals surface area contributed by atoms with Crippen LogP contribution >= 0.6 is 11.6 Å². The zero-order chi connectivity index (χ0) is 11.0. The first-order valence-corrected chi connectivity index (χ1v) is 5.01. The van der Waals surface area contributed by atoms with Gasteiger partial charge in [-0.2, -0.15) is 0 Å². The van der Waals surface area contributed by atoms with Crippen LogP contribution in [-0.2, 0) is 11.2 Å². The van der Waals surface area contributed by atoms with Crippen molar-refractivity contribution < 1.29 is 14.7 Å². The van der Waals surface area contributed by atoms with E-state index in [1.807, 2.05) is 6.07 Å². The molecule has 0 amide bonds. The van der Waals surface area contributed by atoms with E-state index in [2.05, 4.69) is 0 Å². The van der Waals surface area contributed by atoms with Crippen LogP contribution in [0.1, 0.15) is 22.3 Å². The van der Waals surface area contributed by atoms with Crippen molar-refractivity contribution in [2.45, 2.75) is 12.8 Å². The van der Waals surface area contributed by atoms with Crippen molar-refractivity contribution in [2.24, 2.45) is 5.92 Å². The molecule has 0 aromatic heterocycles. The third kappa shape index (κ3) is 1.75. The first-order valence-electron chi connectivity index (χ1n) is 4.63. The molecular formula is C11H9ClO3. The Labute approximate surface area is 91.7 Å². The van der Waals surface area contributed by atoms with Gasteiger partial charge in [-0.1, -0.05) is 23.7 Å². The van der Waals surface area contributed by atoms with Gasteiger partial charge in [-0.25, -0.2) is 0 Å². The molecule has 1 unspecified atom stereocenters. The lowest BCUT2D eigenvalue weighted by atomic mass is 10.0. The van der Waals surface area contributed by atoms with Crippen molar-refractivity contribution in [3.8, 4) is 0 Å². The van der Waals surface area contributed by atoms with Gasteiger partial charge in [0, 0.05) is 11.5 Å². The first-order chi connectivity index (χ1) is 7.09. The minimum atomic E-state index is -0.947. The molecule has 0 bridgehead atoms. The number of aliphatic carboxylic acids is 1. The molecule has 0 saturated heterocycles. The summed E-state index contributed by atoms with van der Waals surface area (Å²) in [5.74, 6) is -1.53. The summed E-state index contributed by atoms with van der Waals surface area (Å²) in [7, 11) is 0. The van der Waals surface area contributed by atoms with Gasteiger partial charge in [0.05, 0.1) is 11.4 Å². The van der Waals surface area contributed by atoms with E-state index in [1.54, 1.807) is 12.1 Å². The van der Waals surface area contributed by atoms with E-state index in [-0.39, 0.29) is 12.2 Å². The number of benzene rings is 1. The second-order valence-corrected chi connectivity index (χ2v) is 4.04. The Morgan fingerprint density at radius 1 is 1.53 bits per heavy atom. The second-order valence-electron chi connectivity index (χ2n) is 3.64. The molecule has 2 rings (SSSR count). The maximum Gasteiger partial charge on any atom is 0.304 e. The van der Waals surface area contributed by atoms with Crippen LogP contribution in [0, 0.1) is 5.92 Å². The normalized spacial score (nSPS) is 19.0. The average Bonchev–Trinajstić information content (AvgIpc) is 2.44. The maximum absolute atomic E-state index is 11.8. The smallest absolute Gasteiger partial charge is 0.304 e. The molecule has 15 heavy (non-hydrogen) atoms. The molecular weight excluding hydrogens is 216 g/mol. The van der Waals surface area contributed by atoms with E-state index in [9.17, 15) is 9.59 Å². The van der Waals surface area contributed by atoms with E-state index in [0.717, 1.165) is 5.56 Å². The van der Waals surface area contributed by atoms with Gasteiger partial charge < -0.3 is 5.11 Å². The van der Waals surface area contributed by atoms with Gasteiger partial charge >= 0.3 is 5.97 Å². The number of halogens is 1. The van der Waals surface area contributed by atoms with Crippen LogP contribution in [0.25, 0.3) is 0 Å². The van der Waals surface area contributed by atoms with Gasteiger partial charge in [-0.15, -0.1) is 0 Å². The monoisotopic (exact) mass is 224 g/mol. The van der Waals surface area contributed by atoms with Crippen LogP contribution in [0.15, 0.2) is 18.2 Å². The first kappa shape index (κ1) is 10.2.